The maximum absolute atomic E-state index is 12.7. The molecule has 1 atom stereocenters. The summed E-state index contributed by atoms with van der Waals surface area (Å²) >= 11 is 1.44. The molecule has 128 valence electrons. The van der Waals surface area contributed by atoms with E-state index in [4.69, 9.17) is 9.47 Å². The Labute approximate surface area is 144 Å². The van der Waals surface area contributed by atoms with Gasteiger partial charge in [-0.1, -0.05) is 6.07 Å². The predicted molar refractivity (Wildman–Crippen MR) is 91.3 cm³/mol. The average Bonchev–Trinajstić information content (AvgIpc) is 3.16. The number of aromatic nitrogens is 2. The molecule has 0 spiro atoms. The first-order chi connectivity index (χ1) is 11.8. The van der Waals surface area contributed by atoms with Crippen molar-refractivity contribution in [2.45, 2.75) is 6.04 Å². The number of hydrogen-bond donors (Lipinski definition) is 1. The van der Waals surface area contributed by atoms with E-state index < -0.39 is 0 Å². The minimum absolute atomic E-state index is 0.000328. The summed E-state index contributed by atoms with van der Waals surface area (Å²) in [7, 11) is 1.65. The molecule has 0 aliphatic carbocycles. The van der Waals surface area contributed by atoms with Crippen molar-refractivity contribution in [3.63, 3.8) is 0 Å². The van der Waals surface area contributed by atoms with E-state index in [0.717, 1.165) is 4.88 Å². The monoisotopic (exact) mass is 348 g/mol. The van der Waals surface area contributed by atoms with Crippen LogP contribution in [0.15, 0.2) is 29.8 Å². The zero-order chi connectivity index (χ0) is 16.8. The number of carbonyl (C=O) groups excluding carboxylic acids is 1. The second-order valence-electron chi connectivity index (χ2n) is 5.29. The molecule has 0 bridgehead atoms. The third-order valence-corrected chi connectivity index (χ3v) is 4.56. The molecule has 3 heterocycles. The molecule has 24 heavy (non-hydrogen) atoms. The van der Waals surface area contributed by atoms with Crippen LogP contribution in [0.4, 0.5) is 5.82 Å². The minimum atomic E-state index is -0.280. The Kier molecular flexibility index (Phi) is 5.73. The first-order valence-corrected chi connectivity index (χ1v) is 8.65. The van der Waals surface area contributed by atoms with Crippen LogP contribution < -0.4 is 5.32 Å². The SMILES string of the molecule is COCCNc1ccnc([C@H]2COCCN2C(=O)c2cccs2)n1. The van der Waals surface area contributed by atoms with Crippen LogP contribution in [0.2, 0.25) is 0 Å². The number of thiophene rings is 1. The standard InChI is InChI=1S/C16H20N4O3S/c1-22-8-6-17-14-4-5-18-15(19-14)12-11-23-9-7-20(12)16(21)13-3-2-10-24-13/h2-5,10,12H,6-9,11H2,1H3,(H,17,18,19)/t12-/m1/s1. The summed E-state index contributed by atoms with van der Waals surface area (Å²) in [5.74, 6) is 1.30. The van der Waals surface area contributed by atoms with E-state index >= 15 is 0 Å². The van der Waals surface area contributed by atoms with E-state index in [1.54, 1.807) is 24.3 Å². The Morgan fingerprint density at radius 1 is 1.54 bits per heavy atom. The Bertz CT molecular complexity index is 665. The molecule has 2 aromatic heterocycles. The van der Waals surface area contributed by atoms with Crippen LogP contribution in [0.3, 0.4) is 0 Å². The van der Waals surface area contributed by atoms with Crippen molar-refractivity contribution in [3.8, 4) is 0 Å². The molecule has 1 saturated heterocycles. The lowest BCUT2D eigenvalue weighted by Crippen LogP contribution is -2.43. The van der Waals surface area contributed by atoms with Gasteiger partial charge >= 0.3 is 0 Å². The van der Waals surface area contributed by atoms with Crippen molar-refractivity contribution in [1.29, 1.82) is 0 Å². The third kappa shape index (κ3) is 3.89. The largest absolute Gasteiger partial charge is 0.383 e. The molecule has 0 saturated carbocycles. The fourth-order valence-electron chi connectivity index (χ4n) is 2.52. The van der Waals surface area contributed by atoms with Crippen LogP contribution in [-0.4, -0.2) is 60.8 Å². The van der Waals surface area contributed by atoms with Crippen LogP contribution in [0, 0.1) is 0 Å². The molecule has 1 amide bonds. The molecule has 8 heteroatoms. The van der Waals surface area contributed by atoms with E-state index in [2.05, 4.69) is 15.3 Å². The number of hydrogen-bond acceptors (Lipinski definition) is 7. The molecule has 1 aliphatic heterocycles. The van der Waals surface area contributed by atoms with Crippen LogP contribution in [0.5, 0.6) is 0 Å². The second kappa shape index (κ2) is 8.18. The van der Waals surface area contributed by atoms with Crippen molar-refractivity contribution < 1.29 is 14.3 Å². The van der Waals surface area contributed by atoms with E-state index in [1.807, 2.05) is 17.5 Å². The highest BCUT2D eigenvalue weighted by Crippen LogP contribution is 2.25. The molecule has 3 rings (SSSR count). The fraction of sp³-hybridized carbons (Fsp3) is 0.438. The lowest BCUT2D eigenvalue weighted by atomic mass is 10.2. The maximum atomic E-state index is 12.7. The molecule has 1 fully saturated rings. The number of morpholine rings is 1. The van der Waals surface area contributed by atoms with Gasteiger partial charge in [0.2, 0.25) is 0 Å². The van der Waals surface area contributed by atoms with Gasteiger partial charge in [0.15, 0.2) is 5.82 Å². The first kappa shape index (κ1) is 16.8. The molecule has 7 nitrogen and oxygen atoms in total. The maximum Gasteiger partial charge on any atom is 0.264 e. The fourth-order valence-corrected chi connectivity index (χ4v) is 3.20. The number of methoxy groups -OCH3 is 1. The summed E-state index contributed by atoms with van der Waals surface area (Å²) in [4.78, 5) is 24.1. The normalized spacial score (nSPS) is 17.7. The molecular weight excluding hydrogens is 328 g/mol. The van der Waals surface area contributed by atoms with Gasteiger partial charge in [-0.05, 0) is 17.5 Å². The number of nitrogens with zero attached hydrogens (tertiary/aromatic N) is 3. The van der Waals surface area contributed by atoms with E-state index in [-0.39, 0.29) is 11.9 Å². The zero-order valence-corrected chi connectivity index (χ0v) is 14.3. The molecule has 1 N–H and O–H groups in total. The smallest absolute Gasteiger partial charge is 0.264 e. The number of ether oxygens (including phenoxy) is 2. The van der Waals surface area contributed by atoms with E-state index in [9.17, 15) is 4.79 Å². The topological polar surface area (TPSA) is 76.6 Å². The number of rotatable bonds is 6. The summed E-state index contributed by atoms with van der Waals surface area (Å²) in [6.07, 6.45) is 1.69. The van der Waals surface area contributed by atoms with Crippen molar-refractivity contribution in [2.24, 2.45) is 0 Å². The van der Waals surface area contributed by atoms with Crippen molar-refractivity contribution in [2.75, 3.05) is 45.3 Å². The van der Waals surface area contributed by atoms with Gasteiger partial charge in [-0.15, -0.1) is 11.3 Å². The molecular formula is C16H20N4O3S. The quantitative estimate of drug-likeness (QED) is 0.803. The van der Waals surface area contributed by atoms with Gasteiger partial charge in [0.1, 0.15) is 11.9 Å². The summed E-state index contributed by atoms with van der Waals surface area (Å²) in [6.45, 7) is 2.71. The molecule has 0 aromatic carbocycles. The van der Waals surface area contributed by atoms with Crippen molar-refractivity contribution in [1.82, 2.24) is 14.9 Å². The zero-order valence-electron chi connectivity index (χ0n) is 13.5. The summed E-state index contributed by atoms with van der Waals surface area (Å²) < 4.78 is 10.6. The van der Waals surface area contributed by atoms with Crippen molar-refractivity contribution >= 4 is 23.1 Å². The number of carbonyl (C=O) groups is 1. The van der Waals surface area contributed by atoms with Crippen LogP contribution >= 0.6 is 11.3 Å². The summed E-state index contributed by atoms with van der Waals surface area (Å²) in [5.41, 5.74) is 0. The Morgan fingerprint density at radius 2 is 2.46 bits per heavy atom. The lowest BCUT2D eigenvalue weighted by molar-refractivity contribution is -0.00492. The third-order valence-electron chi connectivity index (χ3n) is 3.71. The molecule has 0 radical (unpaired) electrons. The predicted octanol–water partition coefficient (Wildman–Crippen LogP) is 1.81. The number of amides is 1. The van der Waals surface area contributed by atoms with Gasteiger partial charge in [0.05, 0.1) is 24.7 Å². The van der Waals surface area contributed by atoms with E-state index in [0.29, 0.717) is 44.6 Å². The molecule has 0 unspecified atom stereocenters. The van der Waals surface area contributed by atoms with Crippen molar-refractivity contribution in [3.05, 3.63) is 40.5 Å². The summed E-state index contributed by atoms with van der Waals surface area (Å²) in [6, 6.07) is 5.24. The van der Waals surface area contributed by atoms with Gasteiger partial charge in [-0.2, -0.15) is 0 Å². The van der Waals surface area contributed by atoms with E-state index in [1.165, 1.54) is 11.3 Å². The van der Waals surface area contributed by atoms with Gasteiger partial charge < -0.3 is 19.7 Å². The Hall–Kier alpha value is -2.03. The minimum Gasteiger partial charge on any atom is -0.383 e. The Balaban J connectivity index is 1.77. The Morgan fingerprint density at radius 3 is 3.25 bits per heavy atom. The van der Waals surface area contributed by atoms with Gasteiger partial charge in [0, 0.05) is 26.4 Å². The van der Waals surface area contributed by atoms with Crippen LogP contribution in [0.25, 0.3) is 0 Å². The van der Waals surface area contributed by atoms with Gasteiger partial charge in [-0.3, -0.25) is 4.79 Å². The lowest BCUT2D eigenvalue weighted by Gasteiger charge is -2.34. The van der Waals surface area contributed by atoms with Crippen LogP contribution in [0.1, 0.15) is 21.5 Å². The highest BCUT2D eigenvalue weighted by Gasteiger charge is 2.31. The molecule has 1 aliphatic rings. The van der Waals surface area contributed by atoms with Gasteiger partial charge in [-0.25, -0.2) is 9.97 Å². The number of nitrogens with one attached hydrogen (secondary N) is 1. The average molecular weight is 348 g/mol. The van der Waals surface area contributed by atoms with Gasteiger partial charge in [0.25, 0.3) is 5.91 Å². The highest BCUT2D eigenvalue weighted by molar-refractivity contribution is 7.12. The second-order valence-corrected chi connectivity index (χ2v) is 6.23. The summed E-state index contributed by atoms with van der Waals surface area (Å²) in [5, 5.41) is 5.08. The molecule has 2 aromatic rings. The number of anilines is 1. The van der Waals surface area contributed by atoms with Crippen LogP contribution in [-0.2, 0) is 9.47 Å². The highest BCUT2D eigenvalue weighted by atomic mass is 32.1. The first-order valence-electron chi connectivity index (χ1n) is 7.77.